The van der Waals surface area contributed by atoms with Crippen LogP contribution in [0.4, 0.5) is 0 Å². The monoisotopic (exact) mass is 353 g/mol. The molecule has 0 aliphatic heterocycles. The second-order valence-corrected chi connectivity index (χ2v) is 5.37. The second kappa shape index (κ2) is 10.7. The van der Waals surface area contributed by atoms with Gasteiger partial charge in [0.15, 0.2) is 0 Å². The van der Waals surface area contributed by atoms with Crippen molar-refractivity contribution in [1.82, 2.24) is 0 Å². The first-order chi connectivity index (χ1) is 12.8. The predicted octanol–water partition coefficient (Wildman–Crippen LogP) is 3.87. The number of benzene rings is 2. The molecule has 6 heteroatoms. The molecule has 2 aromatic rings. The van der Waals surface area contributed by atoms with Crippen molar-refractivity contribution in [2.24, 2.45) is 15.5 Å². The molecule has 0 saturated heterocycles. The van der Waals surface area contributed by atoms with Crippen LogP contribution in [0.15, 0.2) is 76.1 Å². The lowest BCUT2D eigenvalue weighted by Gasteiger charge is -2.10. The first-order valence-electron chi connectivity index (χ1n) is 8.18. The highest BCUT2D eigenvalue weighted by Gasteiger charge is 2.15. The van der Waals surface area contributed by atoms with E-state index in [1.165, 1.54) is 21.3 Å². The fourth-order valence-electron chi connectivity index (χ4n) is 2.50. The molecule has 0 radical (unpaired) electrons. The second-order valence-electron chi connectivity index (χ2n) is 5.37. The van der Waals surface area contributed by atoms with Crippen LogP contribution in [0.3, 0.4) is 0 Å². The molecule has 0 unspecified atom stereocenters. The van der Waals surface area contributed by atoms with E-state index in [9.17, 15) is 0 Å². The normalized spacial score (nSPS) is 11.7. The molecule has 0 amide bonds. The van der Waals surface area contributed by atoms with Crippen molar-refractivity contribution >= 4 is 17.1 Å². The van der Waals surface area contributed by atoms with Crippen molar-refractivity contribution in [3.8, 4) is 0 Å². The third kappa shape index (κ3) is 5.73. The summed E-state index contributed by atoms with van der Waals surface area (Å²) in [6.07, 6.45) is 0.919. The van der Waals surface area contributed by atoms with Gasteiger partial charge in [-0.3, -0.25) is 0 Å². The molecule has 0 aliphatic rings. The van der Waals surface area contributed by atoms with Crippen molar-refractivity contribution < 1.29 is 14.5 Å². The van der Waals surface area contributed by atoms with E-state index >= 15 is 0 Å². The van der Waals surface area contributed by atoms with E-state index in [0.717, 1.165) is 28.3 Å². The highest BCUT2D eigenvalue weighted by Crippen LogP contribution is 2.12. The van der Waals surface area contributed by atoms with Crippen LogP contribution in [-0.2, 0) is 14.5 Å². The Balaban J connectivity index is 2.26. The Morgan fingerprint density at radius 3 is 1.35 bits per heavy atom. The maximum absolute atomic E-state index is 5.03. The zero-order chi connectivity index (χ0) is 18.6. The number of hydrogen-bond acceptors (Lipinski definition) is 6. The Hall–Kier alpha value is -3.15. The summed E-state index contributed by atoms with van der Waals surface area (Å²) in [5, 5.41) is 12.5. The van der Waals surface area contributed by atoms with Crippen LogP contribution in [0.25, 0.3) is 0 Å². The van der Waals surface area contributed by atoms with Gasteiger partial charge >= 0.3 is 0 Å². The summed E-state index contributed by atoms with van der Waals surface area (Å²) < 4.78 is 0. The molecule has 0 N–H and O–H groups in total. The smallest absolute Gasteiger partial charge is 0.106 e. The van der Waals surface area contributed by atoms with Crippen LogP contribution in [0.5, 0.6) is 0 Å². The van der Waals surface area contributed by atoms with Crippen LogP contribution in [-0.4, -0.2) is 38.5 Å². The summed E-state index contributed by atoms with van der Waals surface area (Å²) in [5.74, 6) is 0. The maximum Gasteiger partial charge on any atom is 0.106 e. The number of nitrogens with zero attached hydrogens (tertiary/aromatic N) is 3. The molecule has 0 aliphatic carbocycles. The molecule has 136 valence electrons. The van der Waals surface area contributed by atoms with Gasteiger partial charge in [-0.15, -0.1) is 0 Å². The molecule has 2 rings (SSSR count). The first-order valence-corrected chi connectivity index (χ1v) is 8.18. The summed E-state index contributed by atoms with van der Waals surface area (Å²) in [5.41, 5.74) is 4.19. The molecule has 0 spiro atoms. The third-order valence-electron chi connectivity index (χ3n) is 3.58. The van der Waals surface area contributed by atoms with Gasteiger partial charge in [0.05, 0.1) is 17.1 Å². The van der Waals surface area contributed by atoms with Gasteiger partial charge in [0.2, 0.25) is 0 Å². The number of hydrogen-bond donors (Lipinski definition) is 0. The molecule has 0 saturated carbocycles. The minimum Gasteiger partial charge on any atom is -0.399 e. The van der Waals surface area contributed by atoms with E-state index in [2.05, 4.69) is 15.5 Å². The van der Waals surface area contributed by atoms with E-state index in [4.69, 9.17) is 14.5 Å². The van der Waals surface area contributed by atoms with Crippen LogP contribution in [0.2, 0.25) is 0 Å². The lowest BCUT2D eigenvalue weighted by Crippen LogP contribution is -2.16. The zero-order valence-electron chi connectivity index (χ0n) is 15.3. The molecule has 0 atom stereocenters. The van der Waals surface area contributed by atoms with Crippen molar-refractivity contribution in [2.45, 2.75) is 12.8 Å². The Morgan fingerprint density at radius 1 is 0.615 bits per heavy atom. The van der Waals surface area contributed by atoms with Gasteiger partial charge < -0.3 is 14.5 Å². The first kappa shape index (κ1) is 19.2. The Bertz CT molecular complexity index is 695. The van der Waals surface area contributed by atoms with Crippen LogP contribution in [0, 0.1) is 0 Å². The minimum atomic E-state index is 0.460. The number of rotatable bonds is 9. The van der Waals surface area contributed by atoms with Gasteiger partial charge in [-0.2, -0.15) is 0 Å². The highest BCUT2D eigenvalue weighted by atomic mass is 16.6. The quantitative estimate of drug-likeness (QED) is 0.508. The van der Waals surface area contributed by atoms with Crippen molar-refractivity contribution in [1.29, 1.82) is 0 Å². The van der Waals surface area contributed by atoms with Gasteiger partial charge in [-0.1, -0.05) is 76.1 Å². The topological polar surface area (TPSA) is 64.8 Å². The summed E-state index contributed by atoms with van der Waals surface area (Å²) in [6, 6.07) is 19.6. The lowest BCUT2D eigenvalue weighted by molar-refractivity contribution is 0.209. The van der Waals surface area contributed by atoms with E-state index in [-0.39, 0.29) is 0 Å². The molecule has 0 bridgehead atoms. The molecule has 0 fully saturated rings. The van der Waals surface area contributed by atoms with E-state index in [1.807, 2.05) is 60.7 Å². The average molecular weight is 353 g/mol. The third-order valence-corrected chi connectivity index (χ3v) is 3.58. The van der Waals surface area contributed by atoms with Gasteiger partial charge in [-0.25, -0.2) is 0 Å². The number of oxime groups is 3. The highest BCUT2D eigenvalue weighted by molar-refractivity contribution is 6.19. The molecule has 6 nitrogen and oxygen atoms in total. The Kier molecular flexibility index (Phi) is 7.86. The van der Waals surface area contributed by atoms with Crippen LogP contribution >= 0.6 is 0 Å². The zero-order valence-corrected chi connectivity index (χ0v) is 15.3. The van der Waals surface area contributed by atoms with Crippen molar-refractivity contribution in [3.63, 3.8) is 0 Å². The average Bonchev–Trinajstić information content (AvgIpc) is 2.69. The maximum atomic E-state index is 5.03. The van der Waals surface area contributed by atoms with E-state index in [0.29, 0.717) is 12.8 Å². The van der Waals surface area contributed by atoms with Crippen molar-refractivity contribution in [3.05, 3.63) is 71.8 Å². The molecule has 2 aromatic carbocycles. The Labute approximate surface area is 153 Å². The SMILES string of the molecule is CON=C(C/C(=N\OC)c1ccccc1)C/C(=N\OC)c1ccccc1. The molecule has 0 aromatic heterocycles. The predicted molar refractivity (Wildman–Crippen MR) is 104 cm³/mol. The standard InChI is InChI=1S/C20H23N3O3/c1-24-21-18(14-19(22-25-2)16-10-6-4-7-11-16)15-20(23-26-3)17-12-8-5-9-13-17/h4-13H,14-15H2,1-3H3/b22-19+,23-20+. The largest absolute Gasteiger partial charge is 0.399 e. The fourth-order valence-corrected chi connectivity index (χ4v) is 2.50. The van der Waals surface area contributed by atoms with Gasteiger partial charge in [0.25, 0.3) is 0 Å². The lowest BCUT2D eigenvalue weighted by atomic mass is 9.99. The van der Waals surface area contributed by atoms with Crippen molar-refractivity contribution in [2.75, 3.05) is 21.3 Å². The molecule has 0 heterocycles. The van der Waals surface area contributed by atoms with E-state index in [1.54, 1.807) is 0 Å². The summed E-state index contributed by atoms with van der Waals surface area (Å²) in [7, 11) is 4.57. The van der Waals surface area contributed by atoms with Crippen LogP contribution in [0.1, 0.15) is 24.0 Å². The van der Waals surface area contributed by atoms with Gasteiger partial charge in [0, 0.05) is 12.8 Å². The summed E-state index contributed by atoms with van der Waals surface area (Å²) in [6.45, 7) is 0. The minimum absolute atomic E-state index is 0.460. The summed E-state index contributed by atoms with van der Waals surface area (Å²) in [4.78, 5) is 15.1. The summed E-state index contributed by atoms with van der Waals surface area (Å²) >= 11 is 0. The van der Waals surface area contributed by atoms with E-state index < -0.39 is 0 Å². The molecular formula is C20H23N3O3. The van der Waals surface area contributed by atoms with Gasteiger partial charge in [-0.05, 0) is 11.1 Å². The fraction of sp³-hybridized carbons (Fsp3) is 0.250. The molecule has 26 heavy (non-hydrogen) atoms. The molecular weight excluding hydrogens is 330 g/mol. The van der Waals surface area contributed by atoms with Gasteiger partial charge in [0.1, 0.15) is 21.3 Å². The van der Waals surface area contributed by atoms with Crippen LogP contribution < -0.4 is 0 Å². The Morgan fingerprint density at radius 2 is 1.00 bits per heavy atom.